The Morgan fingerprint density at radius 2 is 1.81 bits per heavy atom. The number of rotatable bonds is 3. The smallest absolute Gasteiger partial charge is 0.0548 e. The molecule has 3 heteroatoms. The van der Waals surface area contributed by atoms with Gasteiger partial charge in [-0.3, -0.25) is 0 Å². The van der Waals surface area contributed by atoms with Crippen LogP contribution in [0.1, 0.15) is 65.7 Å². The molecule has 0 aromatic carbocycles. The molecular weight excluding hydrogens is 332 g/mol. The Bertz CT molecular complexity index is 548. The second-order valence-electron chi connectivity index (χ2n) is 11.6. The maximum atomic E-state index is 10.8. The number of hydrogen-bond acceptors (Lipinski definition) is 3. The highest BCUT2D eigenvalue weighted by atomic mass is 16.3. The first-order chi connectivity index (χ1) is 12.7. The van der Waals surface area contributed by atoms with Gasteiger partial charge in [-0.25, -0.2) is 0 Å². The molecule has 0 bridgehead atoms. The van der Waals surface area contributed by atoms with Crippen molar-refractivity contribution in [3.8, 4) is 0 Å². The van der Waals surface area contributed by atoms with Crippen LogP contribution in [-0.4, -0.2) is 61.3 Å². The molecule has 9 atom stereocenters. The van der Waals surface area contributed by atoms with Gasteiger partial charge in [-0.1, -0.05) is 13.8 Å². The van der Waals surface area contributed by atoms with Gasteiger partial charge in [0, 0.05) is 12.6 Å². The number of hydrogen-bond donors (Lipinski definition) is 1. The van der Waals surface area contributed by atoms with E-state index in [4.69, 9.17) is 0 Å². The molecule has 1 N–H and O–H groups in total. The van der Waals surface area contributed by atoms with Crippen LogP contribution in [0, 0.1) is 40.4 Å². The number of fused-ring (bicyclic) bond motifs is 5. The second kappa shape index (κ2) is 6.99. The molecule has 4 fully saturated rings. The Morgan fingerprint density at radius 3 is 2.48 bits per heavy atom. The second-order valence-corrected chi connectivity index (χ2v) is 11.6. The molecule has 0 amide bonds. The minimum Gasteiger partial charge on any atom is -0.393 e. The molecule has 3 aliphatic carbocycles. The average Bonchev–Trinajstić information content (AvgIpc) is 2.85. The molecule has 1 aliphatic heterocycles. The molecule has 1 heterocycles. The first kappa shape index (κ1) is 20.2. The van der Waals surface area contributed by atoms with Gasteiger partial charge in [0.05, 0.1) is 6.10 Å². The van der Waals surface area contributed by atoms with Crippen molar-refractivity contribution < 1.29 is 5.11 Å². The molecule has 3 nitrogen and oxygen atoms in total. The van der Waals surface area contributed by atoms with Crippen LogP contribution < -0.4 is 0 Å². The standard InChI is InChI=1S/C24H44N2O/c1-16(27)22-17(15-25(4)5)14-20-18-8-9-21-23(2,11-7-13-26(21)6)19(18)10-12-24(20,22)3/h16-22,27H,7-15H2,1-6H3/t16?,17-,18+,19-,20-,21+,22-,23+,24-/m0/s1. The molecule has 0 aromatic rings. The lowest BCUT2D eigenvalue weighted by Crippen LogP contribution is -2.60. The summed E-state index contributed by atoms with van der Waals surface area (Å²) in [6.45, 7) is 9.71. The third-order valence-corrected chi connectivity index (χ3v) is 9.96. The molecule has 0 aromatic heterocycles. The van der Waals surface area contributed by atoms with Gasteiger partial charge >= 0.3 is 0 Å². The number of piperidine rings is 1. The van der Waals surface area contributed by atoms with Crippen LogP contribution in [0.25, 0.3) is 0 Å². The van der Waals surface area contributed by atoms with E-state index in [2.05, 4.69) is 51.7 Å². The van der Waals surface area contributed by atoms with Gasteiger partial charge < -0.3 is 14.9 Å². The monoisotopic (exact) mass is 376 g/mol. The number of likely N-dealkylation sites (tertiary alicyclic amines) is 1. The van der Waals surface area contributed by atoms with E-state index >= 15 is 0 Å². The minimum absolute atomic E-state index is 0.172. The van der Waals surface area contributed by atoms with Crippen molar-refractivity contribution in [2.75, 3.05) is 34.2 Å². The maximum absolute atomic E-state index is 10.8. The van der Waals surface area contributed by atoms with Crippen molar-refractivity contribution in [3.63, 3.8) is 0 Å². The third-order valence-electron chi connectivity index (χ3n) is 9.96. The lowest BCUT2D eigenvalue weighted by atomic mass is 9.46. The summed E-state index contributed by atoms with van der Waals surface area (Å²) in [5.41, 5.74) is 0.872. The normalized spacial score (nSPS) is 51.6. The number of aliphatic hydroxyl groups excluding tert-OH is 1. The van der Waals surface area contributed by atoms with E-state index < -0.39 is 0 Å². The Kier molecular flexibility index (Phi) is 5.22. The van der Waals surface area contributed by atoms with E-state index in [9.17, 15) is 5.11 Å². The first-order valence-corrected chi connectivity index (χ1v) is 11.7. The van der Waals surface area contributed by atoms with Gasteiger partial charge in [0.25, 0.3) is 0 Å². The Morgan fingerprint density at radius 1 is 1.07 bits per heavy atom. The molecule has 0 spiro atoms. The molecule has 3 saturated carbocycles. The number of aliphatic hydroxyl groups is 1. The SMILES string of the molecule is CC(O)[C@H]1[C@H](CN(C)C)C[C@H]2[C@@H]3CC[C@H]4N(C)CCC[C@]4(C)[C@H]3CC[C@@]21C. The molecule has 4 rings (SSSR count). The zero-order valence-electron chi connectivity index (χ0n) is 18.7. The first-order valence-electron chi connectivity index (χ1n) is 11.7. The topological polar surface area (TPSA) is 26.7 Å². The molecule has 0 radical (unpaired) electrons. The van der Waals surface area contributed by atoms with Gasteiger partial charge in [-0.05, 0) is 120 Å². The van der Waals surface area contributed by atoms with E-state index in [0.717, 1.165) is 30.3 Å². The van der Waals surface area contributed by atoms with Crippen LogP contribution in [0.15, 0.2) is 0 Å². The fourth-order valence-corrected chi connectivity index (χ4v) is 9.20. The summed E-state index contributed by atoms with van der Waals surface area (Å²) < 4.78 is 0. The van der Waals surface area contributed by atoms with E-state index in [1.807, 2.05) is 0 Å². The molecule has 27 heavy (non-hydrogen) atoms. The van der Waals surface area contributed by atoms with Crippen molar-refractivity contribution in [3.05, 3.63) is 0 Å². The van der Waals surface area contributed by atoms with Crippen molar-refractivity contribution in [2.24, 2.45) is 40.4 Å². The lowest BCUT2D eigenvalue weighted by Gasteiger charge is -2.62. The predicted molar refractivity (Wildman–Crippen MR) is 113 cm³/mol. The van der Waals surface area contributed by atoms with Gasteiger partial charge in [0.1, 0.15) is 0 Å². The molecule has 1 unspecified atom stereocenters. The third kappa shape index (κ3) is 3.02. The van der Waals surface area contributed by atoms with Crippen molar-refractivity contribution in [1.29, 1.82) is 0 Å². The summed E-state index contributed by atoms with van der Waals surface area (Å²) in [5, 5.41) is 10.8. The summed E-state index contributed by atoms with van der Waals surface area (Å²) in [5.74, 6) is 3.76. The fourth-order valence-electron chi connectivity index (χ4n) is 9.20. The zero-order valence-corrected chi connectivity index (χ0v) is 18.7. The predicted octanol–water partition coefficient (Wildman–Crippen LogP) is 4.11. The summed E-state index contributed by atoms with van der Waals surface area (Å²) in [4.78, 5) is 5.04. The van der Waals surface area contributed by atoms with Crippen molar-refractivity contribution in [1.82, 2.24) is 9.80 Å². The number of nitrogens with zero attached hydrogens (tertiary/aromatic N) is 2. The Hall–Kier alpha value is -0.120. The summed E-state index contributed by atoms with van der Waals surface area (Å²) >= 11 is 0. The van der Waals surface area contributed by atoms with Gasteiger partial charge in [0.15, 0.2) is 0 Å². The van der Waals surface area contributed by atoms with Crippen LogP contribution in [0.3, 0.4) is 0 Å². The fraction of sp³-hybridized carbons (Fsp3) is 1.00. The van der Waals surface area contributed by atoms with Gasteiger partial charge in [-0.15, -0.1) is 0 Å². The summed E-state index contributed by atoms with van der Waals surface area (Å²) in [6.07, 6.45) is 9.56. The Labute approximate surface area is 167 Å². The molecular formula is C24H44N2O. The zero-order chi connectivity index (χ0) is 19.6. The largest absolute Gasteiger partial charge is 0.393 e. The van der Waals surface area contributed by atoms with Crippen LogP contribution in [0.4, 0.5) is 0 Å². The average molecular weight is 377 g/mol. The van der Waals surface area contributed by atoms with E-state index in [0.29, 0.717) is 22.7 Å². The minimum atomic E-state index is -0.172. The summed E-state index contributed by atoms with van der Waals surface area (Å²) in [6, 6.07) is 0.809. The summed E-state index contributed by atoms with van der Waals surface area (Å²) in [7, 11) is 6.79. The van der Waals surface area contributed by atoms with Gasteiger partial charge in [-0.2, -0.15) is 0 Å². The highest BCUT2D eigenvalue weighted by Gasteiger charge is 2.62. The maximum Gasteiger partial charge on any atom is 0.0548 e. The van der Waals surface area contributed by atoms with Crippen LogP contribution in [0.2, 0.25) is 0 Å². The van der Waals surface area contributed by atoms with Crippen molar-refractivity contribution in [2.45, 2.75) is 77.9 Å². The molecule has 4 aliphatic rings. The molecule has 1 saturated heterocycles. The lowest BCUT2D eigenvalue weighted by molar-refractivity contribution is -0.129. The highest BCUT2D eigenvalue weighted by Crippen LogP contribution is 2.67. The van der Waals surface area contributed by atoms with E-state index in [-0.39, 0.29) is 6.10 Å². The van der Waals surface area contributed by atoms with Crippen LogP contribution in [-0.2, 0) is 0 Å². The van der Waals surface area contributed by atoms with Crippen LogP contribution in [0.5, 0.6) is 0 Å². The van der Waals surface area contributed by atoms with E-state index in [1.165, 1.54) is 51.5 Å². The van der Waals surface area contributed by atoms with E-state index in [1.54, 1.807) is 0 Å². The quantitative estimate of drug-likeness (QED) is 0.803. The molecule has 156 valence electrons. The van der Waals surface area contributed by atoms with Gasteiger partial charge in [0.2, 0.25) is 0 Å². The van der Waals surface area contributed by atoms with Crippen molar-refractivity contribution >= 4 is 0 Å². The van der Waals surface area contributed by atoms with Crippen LogP contribution >= 0.6 is 0 Å². The Balaban J connectivity index is 1.63. The highest BCUT2D eigenvalue weighted by molar-refractivity contribution is 5.12.